The van der Waals surface area contributed by atoms with E-state index in [1.54, 1.807) is 0 Å². The lowest BCUT2D eigenvalue weighted by Crippen LogP contribution is -2.50. The number of likely N-dealkylation sites (tertiary alicyclic amines) is 1. The van der Waals surface area contributed by atoms with Gasteiger partial charge in [-0.15, -0.1) is 6.58 Å². The van der Waals surface area contributed by atoms with Crippen molar-refractivity contribution in [1.29, 1.82) is 0 Å². The van der Waals surface area contributed by atoms with Crippen molar-refractivity contribution in [2.75, 3.05) is 19.6 Å². The lowest BCUT2D eigenvalue weighted by atomic mass is 10.0. The summed E-state index contributed by atoms with van der Waals surface area (Å²) in [7, 11) is 0. The summed E-state index contributed by atoms with van der Waals surface area (Å²) >= 11 is 0. The topological polar surface area (TPSA) is 62.3 Å². The molecule has 31 heavy (non-hydrogen) atoms. The van der Waals surface area contributed by atoms with Gasteiger partial charge in [0.1, 0.15) is 13.2 Å². The Morgan fingerprint density at radius 3 is 1.71 bits per heavy atom. The number of hydrogen-bond acceptors (Lipinski definition) is 5. The molecule has 2 aliphatic rings. The third-order valence-corrected chi connectivity index (χ3v) is 5.58. The van der Waals surface area contributed by atoms with Crippen LogP contribution in [0.1, 0.15) is 17.5 Å². The first-order valence-electron chi connectivity index (χ1n) is 10.5. The number of fused-ring (bicyclic) bond motifs is 2. The lowest BCUT2D eigenvalue weighted by molar-refractivity contribution is -0.0199. The maximum atomic E-state index is 13.0. The summed E-state index contributed by atoms with van der Waals surface area (Å²) in [5.74, 6) is 0. The molecule has 2 aliphatic heterocycles. The van der Waals surface area contributed by atoms with Crippen molar-refractivity contribution in [3.05, 3.63) is 84.4 Å². The zero-order chi connectivity index (χ0) is 21.6. The number of nitrogens with zero attached hydrogens (tertiary/aromatic N) is 3. The van der Waals surface area contributed by atoms with Gasteiger partial charge in [0.25, 0.3) is 0 Å². The van der Waals surface area contributed by atoms with Crippen LogP contribution in [0.5, 0.6) is 0 Å². The van der Waals surface area contributed by atoms with Crippen molar-refractivity contribution >= 4 is 12.2 Å². The minimum absolute atomic E-state index is 0.147. The average Bonchev–Trinajstić information content (AvgIpc) is 3.07. The Kier molecular flexibility index (Phi) is 6.52. The van der Waals surface area contributed by atoms with Gasteiger partial charge in [0.05, 0.1) is 12.1 Å². The van der Waals surface area contributed by atoms with E-state index in [0.717, 1.165) is 11.1 Å². The van der Waals surface area contributed by atoms with Crippen LogP contribution >= 0.6 is 0 Å². The van der Waals surface area contributed by atoms with E-state index in [9.17, 15) is 9.59 Å². The fourth-order valence-electron chi connectivity index (χ4n) is 4.22. The standard InChI is InChI=1S/C24H27N3O4/c1-2-13-25-15-21-14-22(16-25)27(24(29)31-18-20-11-7-4-8-12-20)26(21)23(28)30-17-19-9-5-3-6-10-19/h2-12,21-22H,1,13-18H2/t21-,22+. The number of hydrazine groups is 1. The molecule has 2 bridgehead atoms. The Hall–Kier alpha value is -3.32. The number of amides is 2. The van der Waals surface area contributed by atoms with Crippen molar-refractivity contribution in [3.8, 4) is 0 Å². The Morgan fingerprint density at radius 2 is 1.29 bits per heavy atom. The van der Waals surface area contributed by atoms with Crippen molar-refractivity contribution in [1.82, 2.24) is 14.9 Å². The predicted molar refractivity (Wildman–Crippen MR) is 116 cm³/mol. The van der Waals surface area contributed by atoms with Gasteiger partial charge in [0, 0.05) is 19.6 Å². The van der Waals surface area contributed by atoms with Crippen LogP contribution < -0.4 is 0 Å². The Morgan fingerprint density at radius 1 is 0.839 bits per heavy atom. The van der Waals surface area contributed by atoms with Crippen molar-refractivity contribution < 1.29 is 19.1 Å². The lowest BCUT2D eigenvalue weighted by Gasteiger charge is -2.30. The van der Waals surface area contributed by atoms with Crippen LogP contribution in [0.2, 0.25) is 0 Å². The summed E-state index contributed by atoms with van der Waals surface area (Å²) in [6, 6.07) is 18.7. The molecule has 2 saturated heterocycles. The van der Waals surface area contributed by atoms with Gasteiger partial charge >= 0.3 is 12.2 Å². The van der Waals surface area contributed by atoms with Gasteiger partial charge < -0.3 is 9.47 Å². The second-order valence-corrected chi connectivity index (χ2v) is 7.82. The Bertz CT molecular complexity index is 836. The van der Waals surface area contributed by atoms with E-state index >= 15 is 0 Å². The van der Waals surface area contributed by atoms with Gasteiger partial charge in [0.15, 0.2) is 0 Å². The highest BCUT2D eigenvalue weighted by Crippen LogP contribution is 2.32. The number of carbonyl (C=O) groups is 2. The van der Waals surface area contributed by atoms with E-state index in [0.29, 0.717) is 26.1 Å². The molecule has 7 nitrogen and oxygen atoms in total. The van der Waals surface area contributed by atoms with E-state index in [4.69, 9.17) is 9.47 Å². The first kappa shape index (κ1) is 20.9. The van der Waals surface area contributed by atoms with E-state index in [2.05, 4.69) is 11.5 Å². The van der Waals surface area contributed by atoms with Gasteiger partial charge in [-0.25, -0.2) is 19.6 Å². The van der Waals surface area contributed by atoms with Gasteiger partial charge in [-0.05, 0) is 17.5 Å². The van der Waals surface area contributed by atoms with Gasteiger partial charge in [-0.2, -0.15) is 0 Å². The van der Waals surface area contributed by atoms with Crippen LogP contribution in [0.25, 0.3) is 0 Å². The zero-order valence-corrected chi connectivity index (χ0v) is 17.4. The Labute approximate surface area is 182 Å². The van der Waals surface area contributed by atoms with E-state index in [-0.39, 0.29) is 25.3 Å². The van der Waals surface area contributed by atoms with Crippen molar-refractivity contribution in [2.45, 2.75) is 31.7 Å². The number of piperidine rings is 1. The quantitative estimate of drug-likeness (QED) is 0.664. The minimum atomic E-state index is -0.534. The molecule has 0 aromatic heterocycles. The number of benzene rings is 2. The van der Waals surface area contributed by atoms with E-state index in [1.807, 2.05) is 66.7 Å². The van der Waals surface area contributed by atoms with E-state index < -0.39 is 12.2 Å². The van der Waals surface area contributed by atoms with Gasteiger partial charge in [-0.1, -0.05) is 66.7 Å². The van der Waals surface area contributed by atoms with Crippen LogP contribution in [0.3, 0.4) is 0 Å². The third kappa shape index (κ3) is 4.88. The molecular weight excluding hydrogens is 394 g/mol. The summed E-state index contributed by atoms with van der Waals surface area (Å²) in [4.78, 5) is 28.2. The molecule has 0 radical (unpaired) electrons. The molecule has 0 unspecified atom stereocenters. The summed E-state index contributed by atoms with van der Waals surface area (Å²) in [5, 5.41) is 2.90. The summed E-state index contributed by atoms with van der Waals surface area (Å²) in [6.45, 7) is 6.12. The molecule has 2 fully saturated rings. The summed E-state index contributed by atoms with van der Waals surface area (Å²) < 4.78 is 11.1. The molecule has 2 aromatic rings. The highest BCUT2D eigenvalue weighted by atomic mass is 16.6. The molecule has 7 heteroatoms. The number of ether oxygens (including phenoxy) is 2. The predicted octanol–water partition coefficient (Wildman–Crippen LogP) is 3.82. The second-order valence-electron chi connectivity index (χ2n) is 7.82. The van der Waals surface area contributed by atoms with Crippen LogP contribution in [0.15, 0.2) is 73.3 Å². The van der Waals surface area contributed by atoms with Crippen LogP contribution in [-0.4, -0.2) is 58.8 Å². The Balaban J connectivity index is 1.47. The molecule has 162 valence electrons. The smallest absolute Gasteiger partial charge is 0.429 e. The minimum Gasteiger partial charge on any atom is -0.443 e. The van der Waals surface area contributed by atoms with Gasteiger partial charge in [0.2, 0.25) is 0 Å². The SMILES string of the molecule is C=CCN1C[C@H]2C[C@@H](C1)N(C(=O)OCc1ccccc1)N2C(=O)OCc1ccccc1. The second kappa shape index (κ2) is 9.66. The molecule has 2 atom stereocenters. The first-order valence-corrected chi connectivity index (χ1v) is 10.5. The molecule has 0 N–H and O–H groups in total. The maximum Gasteiger partial charge on any atom is 0.429 e. The van der Waals surface area contributed by atoms with Gasteiger partial charge in [-0.3, -0.25) is 4.90 Å². The average molecular weight is 421 g/mol. The highest BCUT2D eigenvalue weighted by molar-refractivity contribution is 5.76. The molecule has 2 aromatic carbocycles. The molecule has 0 spiro atoms. The summed E-state index contributed by atoms with van der Waals surface area (Å²) in [5.41, 5.74) is 1.79. The van der Waals surface area contributed by atoms with Crippen molar-refractivity contribution in [2.24, 2.45) is 0 Å². The molecule has 4 rings (SSSR count). The van der Waals surface area contributed by atoms with Crippen LogP contribution in [0, 0.1) is 0 Å². The highest BCUT2D eigenvalue weighted by Gasteiger charge is 2.50. The number of carbonyl (C=O) groups excluding carboxylic acids is 2. The van der Waals surface area contributed by atoms with E-state index in [1.165, 1.54) is 10.0 Å². The first-order chi connectivity index (χ1) is 15.2. The van der Waals surface area contributed by atoms with Crippen LogP contribution in [0.4, 0.5) is 9.59 Å². The number of rotatable bonds is 6. The summed E-state index contributed by atoms with van der Waals surface area (Å²) in [6.07, 6.45) is 1.47. The molecule has 2 heterocycles. The number of hydrogen-bond donors (Lipinski definition) is 0. The van der Waals surface area contributed by atoms with Crippen molar-refractivity contribution in [3.63, 3.8) is 0 Å². The third-order valence-electron chi connectivity index (χ3n) is 5.58. The van der Waals surface area contributed by atoms with Crippen LogP contribution in [-0.2, 0) is 22.7 Å². The molecular formula is C24H27N3O4. The molecule has 2 amide bonds. The monoisotopic (exact) mass is 421 g/mol. The fourth-order valence-corrected chi connectivity index (χ4v) is 4.22. The largest absolute Gasteiger partial charge is 0.443 e. The normalized spacial score (nSPS) is 20.4. The molecule has 0 aliphatic carbocycles. The molecule has 0 saturated carbocycles. The fraction of sp³-hybridized carbons (Fsp3) is 0.333. The maximum absolute atomic E-state index is 13.0. The zero-order valence-electron chi connectivity index (χ0n) is 17.4.